The molecule has 2 aliphatic heterocycles. The quantitative estimate of drug-likeness (QED) is 0.841. The molecule has 22 heavy (non-hydrogen) atoms. The van der Waals surface area contributed by atoms with Crippen molar-refractivity contribution in [3.63, 3.8) is 0 Å². The summed E-state index contributed by atoms with van der Waals surface area (Å²) < 4.78 is 0. The number of likely N-dealkylation sites (tertiary alicyclic amines) is 1. The first-order valence-corrected chi connectivity index (χ1v) is 9.06. The molecule has 5 heteroatoms. The van der Waals surface area contributed by atoms with Gasteiger partial charge in [-0.3, -0.25) is 9.80 Å². The first-order chi connectivity index (χ1) is 10.6. The van der Waals surface area contributed by atoms with Crippen LogP contribution in [-0.2, 0) is 0 Å². The fraction of sp³-hybridized carbons (Fsp3) is 0.941. The van der Waals surface area contributed by atoms with E-state index < -0.39 is 0 Å². The maximum atomic E-state index is 12.4. The van der Waals surface area contributed by atoms with Gasteiger partial charge in [-0.15, -0.1) is 0 Å². The van der Waals surface area contributed by atoms with Crippen LogP contribution in [0.1, 0.15) is 46.0 Å². The molecule has 2 heterocycles. The molecule has 0 spiro atoms. The van der Waals surface area contributed by atoms with E-state index in [-0.39, 0.29) is 6.03 Å². The van der Waals surface area contributed by atoms with Gasteiger partial charge in [-0.2, -0.15) is 0 Å². The Morgan fingerprint density at radius 3 is 2.59 bits per heavy atom. The molecular weight excluding hydrogens is 276 g/mol. The van der Waals surface area contributed by atoms with Gasteiger partial charge in [0.1, 0.15) is 0 Å². The van der Waals surface area contributed by atoms with E-state index in [0.717, 1.165) is 38.6 Å². The van der Waals surface area contributed by atoms with Gasteiger partial charge in [-0.1, -0.05) is 0 Å². The number of rotatable bonds is 5. The molecule has 0 aromatic heterocycles. The number of amides is 2. The highest BCUT2D eigenvalue weighted by atomic mass is 16.2. The van der Waals surface area contributed by atoms with Gasteiger partial charge < -0.3 is 10.2 Å². The third-order valence-corrected chi connectivity index (χ3v) is 5.76. The van der Waals surface area contributed by atoms with Crippen LogP contribution in [0.25, 0.3) is 0 Å². The zero-order valence-corrected chi connectivity index (χ0v) is 14.4. The first kappa shape index (κ1) is 16.1. The normalized spacial score (nSPS) is 29.2. The van der Waals surface area contributed by atoms with Crippen LogP contribution >= 0.6 is 0 Å². The highest BCUT2D eigenvalue weighted by Crippen LogP contribution is 2.29. The molecule has 2 atom stereocenters. The largest absolute Gasteiger partial charge is 0.337 e. The highest BCUT2D eigenvalue weighted by molar-refractivity contribution is 5.74. The molecule has 5 nitrogen and oxygen atoms in total. The smallest absolute Gasteiger partial charge is 0.317 e. The van der Waals surface area contributed by atoms with Crippen LogP contribution in [0.5, 0.6) is 0 Å². The summed E-state index contributed by atoms with van der Waals surface area (Å²) in [4.78, 5) is 19.5. The number of carbonyl (C=O) groups is 1. The molecule has 1 N–H and O–H groups in total. The van der Waals surface area contributed by atoms with Crippen molar-refractivity contribution >= 4 is 6.03 Å². The van der Waals surface area contributed by atoms with E-state index in [1.54, 1.807) is 0 Å². The van der Waals surface area contributed by atoms with Crippen LogP contribution in [0.3, 0.4) is 0 Å². The molecule has 1 aliphatic carbocycles. The maximum Gasteiger partial charge on any atom is 0.317 e. The Morgan fingerprint density at radius 2 is 1.91 bits per heavy atom. The Kier molecular flexibility index (Phi) is 4.93. The van der Waals surface area contributed by atoms with E-state index in [0.29, 0.717) is 18.1 Å². The third-order valence-electron chi connectivity index (χ3n) is 5.76. The zero-order chi connectivity index (χ0) is 15.7. The second kappa shape index (κ2) is 6.75. The summed E-state index contributed by atoms with van der Waals surface area (Å²) in [6, 6.07) is 2.73. The average molecular weight is 308 g/mol. The van der Waals surface area contributed by atoms with E-state index >= 15 is 0 Å². The molecule has 3 fully saturated rings. The lowest BCUT2D eigenvalue weighted by atomic mass is 10.1. The molecular formula is C17H32N4O. The molecule has 0 aromatic rings. The van der Waals surface area contributed by atoms with Gasteiger partial charge in [-0.25, -0.2) is 4.79 Å². The summed E-state index contributed by atoms with van der Waals surface area (Å²) in [5, 5.41) is 3.15. The van der Waals surface area contributed by atoms with Crippen molar-refractivity contribution < 1.29 is 4.79 Å². The number of nitrogens with zero attached hydrogens (tertiary/aromatic N) is 3. The molecule has 0 radical (unpaired) electrons. The predicted molar refractivity (Wildman–Crippen MR) is 89.0 cm³/mol. The van der Waals surface area contributed by atoms with E-state index in [9.17, 15) is 4.79 Å². The van der Waals surface area contributed by atoms with Gasteiger partial charge in [-0.05, 0) is 53.0 Å². The average Bonchev–Trinajstić information content (AvgIpc) is 3.23. The molecule has 3 aliphatic rings. The molecule has 126 valence electrons. The second-order valence-electron chi connectivity index (χ2n) is 7.58. The van der Waals surface area contributed by atoms with Crippen LogP contribution in [-0.4, -0.2) is 78.1 Å². The Balaban J connectivity index is 1.44. The molecule has 2 saturated heterocycles. The number of urea groups is 1. The van der Waals surface area contributed by atoms with E-state index in [1.165, 1.54) is 25.7 Å². The van der Waals surface area contributed by atoms with Gasteiger partial charge >= 0.3 is 6.03 Å². The molecule has 3 rings (SSSR count). The van der Waals surface area contributed by atoms with Crippen LogP contribution < -0.4 is 5.32 Å². The molecule has 0 aromatic carbocycles. The highest BCUT2D eigenvalue weighted by Gasteiger charge is 2.36. The standard InChI is InChI=1S/C17H32N4O/c1-13(2)21(15-5-6-15)11-9-18-17(22)20-10-8-14-4-7-16(12-20)19(14)3/h13-16H,4-12H2,1-3H3,(H,18,22). The van der Waals surface area contributed by atoms with Crippen molar-refractivity contribution in [3.8, 4) is 0 Å². The summed E-state index contributed by atoms with van der Waals surface area (Å²) in [5.41, 5.74) is 0. The molecule has 2 unspecified atom stereocenters. The van der Waals surface area contributed by atoms with Gasteiger partial charge in [0.05, 0.1) is 0 Å². The Morgan fingerprint density at radius 1 is 1.18 bits per heavy atom. The van der Waals surface area contributed by atoms with Crippen molar-refractivity contribution in [1.29, 1.82) is 0 Å². The molecule has 2 bridgehead atoms. The summed E-state index contributed by atoms with van der Waals surface area (Å²) in [5.74, 6) is 0. The van der Waals surface area contributed by atoms with Crippen molar-refractivity contribution in [2.45, 2.75) is 70.1 Å². The topological polar surface area (TPSA) is 38.8 Å². The van der Waals surface area contributed by atoms with E-state index in [2.05, 4.69) is 36.0 Å². The number of carbonyl (C=O) groups excluding carboxylic acids is 1. The van der Waals surface area contributed by atoms with E-state index in [4.69, 9.17) is 0 Å². The van der Waals surface area contributed by atoms with Gasteiger partial charge in [0.15, 0.2) is 0 Å². The van der Waals surface area contributed by atoms with Gasteiger partial charge in [0, 0.05) is 50.3 Å². The summed E-state index contributed by atoms with van der Waals surface area (Å²) in [7, 11) is 2.22. The van der Waals surface area contributed by atoms with Crippen molar-refractivity contribution in [1.82, 2.24) is 20.0 Å². The Labute approximate surface area is 135 Å². The van der Waals surface area contributed by atoms with Gasteiger partial charge in [0.25, 0.3) is 0 Å². The lowest BCUT2D eigenvalue weighted by Gasteiger charge is -2.28. The summed E-state index contributed by atoms with van der Waals surface area (Å²) in [6.07, 6.45) is 6.33. The monoisotopic (exact) mass is 308 g/mol. The Bertz CT molecular complexity index is 394. The van der Waals surface area contributed by atoms with E-state index in [1.807, 2.05) is 4.90 Å². The number of fused-ring (bicyclic) bond motifs is 2. The first-order valence-electron chi connectivity index (χ1n) is 9.06. The minimum atomic E-state index is 0.139. The minimum absolute atomic E-state index is 0.139. The number of nitrogens with one attached hydrogen (secondary N) is 1. The fourth-order valence-electron chi connectivity index (χ4n) is 4.17. The second-order valence-corrected chi connectivity index (χ2v) is 7.58. The maximum absolute atomic E-state index is 12.4. The third kappa shape index (κ3) is 3.57. The number of hydrogen-bond acceptors (Lipinski definition) is 3. The lowest BCUT2D eigenvalue weighted by Crippen LogP contribution is -2.47. The lowest BCUT2D eigenvalue weighted by molar-refractivity contribution is 0.180. The van der Waals surface area contributed by atoms with Crippen molar-refractivity contribution in [3.05, 3.63) is 0 Å². The van der Waals surface area contributed by atoms with Crippen LogP contribution in [0, 0.1) is 0 Å². The van der Waals surface area contributed by atoms with Crippen molar-refractivity contribution in [2.75, 3.05) is 33.2 Å². The van der Waals surface area contributed by atoms with Crippen LogP contribution in [0.4, 0.5) is 4.79 Å². The zero-order valence-electron chi connectivity index (χ0n) is 14.4. The Hall–Kier alpha value is -0.810. The number of likely N-dealkylation sites (N-methyl/N-ethyl adjacent to an activating group) is 1. The SMILES string of the molecule is CC(C)N(CCNC(=O)N1CCC2CCC(C1)N2C)C1CC1. The summed E-state index contributed by atoms with van der Waals surface area (Å²) >= 11 is 0. The minimum Gasteiger partial charge on any atom is -0.337 e. The van der Waals surface area contributed by atoms with Crippen molar-refractivity contribution in [2.24, 2.45) is 0 Å². The summed E-state index contributed by atoms with van der Waals surface area (Å²) in [6.45, 7) is 8.06. The fourth-order valence-corrected chi connectivity index (χ4v) is 4.17. The predicted octanol–water partition coefficient (Wildman–Crippen LogP) is 1.74. The number of hydrogen-bond donors (Lipinski definition) is 1. The molecule has 2 amide bonds. The molecule has 1 saturated carbocycles. The van der Waals surface area contributed by atoms with Crippen LogP contribution in [0.15, 0.2) is 0 Å². The van der Waals surface area contributed by atoms with Crippen LogP contribution in [0.2, 0.25) is 0 Å². The van der Waals surface area contributed by atoms with Gasteiger partial charge in [0.2, 0.25) is 0 Å².